The predicted molar refractivity (Wildman–Crippen MR) is 55.8 cm³/mol. The maximum Gasteiger partial charge on any atom is 0.149 e. The minimum absolute atomic E-state index is 0.104. The fraction of sp³-hybridized carbons (Fsp3) is 0.778. The predicted octanol–water partition coefficient (Wildman–Crippen LogP) is 0.313. The molecule has 1 aliphatic rings. The Bertz CT molecular complexity index is 308. The highest BCUT2D eigenvalue weighted by molar-refractivity contribution is 7.90. The lowest BCUT2D eigenvalue weighted by molar-refractivity contribution is 0.220. The summed E-state index contributed by atoms with van der Waals surface area (Å²) in [4.78, 5) is 0. The van der Waals surface area contributed by atoms with E-state index in [1.54, 1.807) is 0 Å². The molecule has 5 heteroatoms. The number of nitrogens with one attached hydrogen (secondary N) is 1. The van der Waals surface area contributed by atoms with Crippen LogP contribution in [0.4, 0.5) is 0 Å². The van der Waals surface area contributed by atoms with Crippen LogP contribution in [0.2, 0.25) is 0 Å². The molecule has 1 rings (SSSR count). The lowest BCUT2D eigenvalue weighted by Gasteiger charge is -2.17. The van der Waals surface area contributed by atoms with Gasteiger partial charge in [-0.15, -0.1) is 0 Å². The van der Waals surface area contributed by atoms with E-state index in [1.807, 2.05) is 13.0 Å². The van der Waals surface area contributed by atoms with Gasteiger partial charge in [-0.1, -0.05) is 6.92 Å². The van der Waals surface area contributed by atoms with Crippen molar-refractivity contribution in [3.05, 3.63) is 11.8 Å². The Morgan fingerprint density at radius 1 is 1.64 bits per heavy atom. The van der Waals surface area contributed by atoms with Gasteiger partial charge in [0.25, 0.3) is 0 Å². The molecule has 0 aromatic rings. The highest BCUT2D eigenvalue weighted by atomic mass is 32.2. The summed E-state index contributed by atoms with van der Waals surface area (Å²) in [6.45, 7) is 3.35. The normalized spacial score (nSPS) is 18.9. The van der Waals surface area contributed by atoms with Gasteiger partial charge in [0, 0.05) is 12.7 Å². The lowest BCUT2D eigenvalue weighted by Crippen LogP contribution is -2.37. The van der Waals surface area contributed by atoms with Crippen LogP contribution >= 0.6 is 0 Å². The number of rotatable bonds is 5. The summed E-state index contributed by atoms with van der Waals surface area (Å²) in [5.41, 5.74) is 0. The Balaban J connectivity index is 2.64. The summed E-state index contributed by atoms with van der Waals surface area (Å²) in [6, 6.07) is -0.183. The summed E-state index contributed by atoms with van der Waals surface area (Å²) < 4.78 is 27.6. The molecule has 0 aromatic carbocycles. The van der Waals surface area contributed by atoms with Crippen molar-refractivity contribution < 1.29 is 13.2 Å². The van der Waals surface area contributed by atoms with E-state index in [9.17, 15) is 8.42 Å². The van der Waals surface area contributed by atoms with E-state index in [0.29, 0.717) is 6.61 Å². The second-order valence-electron chi connectivity index (χ2n) is 3.45. The van der Waals surface area contributed by atoms with Gasteiger partial charge in [0.1, 0.15) is 15.6 Å². The Morgan fingerprint density at radius 2 is 2.36 bits per heavy atom. The van der Waals surface area contributed by atoms with Gasteiger partial charge in [-0.05, 0) is 12.6 Å². The van der Waals surface area contributed by atoms with Crippen molar-refractivity contribution in [2.75, 3.05) is 25.2 Å². The van der Waals surface area contributed by atoms with E-state index in [1.165, 1.54) is 6.26 Å². The van der Waals surface area contributed by atoms with Gasteiger partial charge in [-0.3, -0.25) is 0 Å². The first-order valence-electron chi connectivity index (χ1n) is 4.77. The summed E-state index contributed by atoms with van der Waals surface area (Å²) >= 11 is 0. The number of hydrogen-bond donors (Lipinski definition) is 1. The van der Waals surface area contributed by atoms with Crippen molar-refractivity contribution in [2.45, 2.75) is 19.4 Å². The number of likely N-dealkylation sites (N-methyl/N-ethyl adjacent to an activating group) is 1. The zero-order chi connectivity index (χ0) is 10.6. The molecule has 0 fully saturated rings. The molecule has 0 bridgehead atoms. The van der Waals surface area contributed by atoms with Crippen molar-refractivity contribution in [1.82, 2.24) is 5.32 Å². The van der Waals surface area contributed by atoms with E-state index in [0.717, 1.165) is 18.7 Å². The Kier molecular flexibility index (Phi) is 3.95. The molecule has 0 radical (unpaired) electrons. The first-order valence-corrected chi connectivity index (χ1v) is 6.83. The van der Waals surface area contributed by atoms with Crippen molar-refractivity contribution in [3.8, 4) is 0 Å². The molecule has 0 amide bonds. The zero-order valence-electron chi connectivity index (χ0n) is 8.62. The Labute approximate surface area is 85.3 Å². The van der Waals surface area contributed by atoms with Gasteiger partial charge < -0.3 is 10.1 Å². The molecule has 0 aromatic heterocycles. The van der Waals surface area contributed by atoms with Crippen LogP contribution in [-0.4, -0.2) is 39.6 Å². The van der Waals surface area contributed by atoms with E-state index >= 15 is 0 Å². The Morgan fingerprint density at radius 3 is 2.79 bits per heavy atom. The van der Waals surface area contributed by atoms with Crippen molar-refractivity contribution in [1.29, 1.82) is 0 Å². The molecule has 1 N–H and O–H groups in total. The standard InChI is InChI=1S/C9H17NO3S/c1-3-10-8(7-14(2,11)12)9-5-4-6-13-9/h5,8,10H,3-4,6-7H2,1-2H3. The molecule has 0 saturated carbocycles. The number of sulfone groups is 1. The molecule has 0 saturated heterocycles. The van der Waals surface area contributed by atoms with Crippen LogP contribution in [0.3, 0.4) is 0 Å². The fourth-order valence-electron chi connectivity index (χ4n) is 1.47. The molecule has 0 spiro atoms. The zero-order valence-corrected chi connectivity index (χ0v) is 9.43. The molecule has 4 nitrogen and oxygen atoms in total. The van der Waals surface area contributed by atoms with Gasteiger partial charge in [-0.2, -0.15) is 0 Å². The topological polar surface area (TPSA) is 55.4 Å². The van der Waals surface area contributed by atoms with Gasteiger partial charge in [0.05, 0.1) is 18.4 Å². The first-order chi connectivity index (χ1) is 6.53. The maximum atomic E-state index is 11.2. The second-order valence-corrected chi connectivity index (χ2v) is 5.63. The van der Waals surface area contributed by atoms with E-state index < -0.39 is 9.84 Å². The average Bonchev–Trinajstić information content (AvgIpc) is 2.52. The van der Waals surface area contributed by atoms with E-state index in [-0.39, 0.29) is 11.8 Å². The van der Waals surface area contributed by atoms with Crippen molar-refractivity contribution >= 4 is 9.84 Å². The van der Waals surface area contributed by atoms with Gasteiger partial charge in [-0.25, -0.2) is 8.42 Å². The smallest absolute Gasteiger partial charge is 0.149 e. The number of ether oxygens (including phenoxy) is 1. The van der Waals surface area contributed by atoms with Crippen LogP contribution in [0.25, 0.3) is 0 Å². The van der Waals surface area contributed by atoms with Gasteiger partial charge in [0.15, 0.2) is 0 Å². The van der Waals surface area contributed by atoms with Crippen LogP contribution in [-0.2, 0) is 14.6 Å². The van der Waals surface area contributed by atoms with Crippen LogP contribution < -0.4 is 5.32 Å². The van der Waals surface area contributed by atoms with Crippen LogP contribution in [0.5, 0.6) is 0 Å². The monoisotopic (exact) mass is 219 g/mol. The highest BCUT2D eigenvalue weighted by Gasteiger charge is 2.21. The second kappa shape index (κ2) is 4.79. The third-order valence-corrected chi connectivity index (χ3v) is 2.93. The maximum absolute atomic E-state index is 11.2. The molecule has 14 heavy (non-hydrogen) atoms. The fourth-order valence-corrected chi connectivity index (χ4v) is 2.36. The highest BCUT2D eigenvalue weighted by Crippen LogP contribution is 2.14. The molecule has 82 valence electrons. The summed E-state index contributed by atoms with van der Waals surface area (Å²) in [6.07, 6.45) is 4.08. The average molecular weight is 219 g/mol. The molecule has 1 atom stereocenters. The minimum Gasteiger partial charge on any atom is -0.496 e. The molecule has 1 unspecified atom stereocenters. The summed E-state index contributed by atoms with van der Waals surface area (Å²) in [5.74, 6) is 0.879. The number of hydrogen-bond acceptors (Lipinski definition) is 4. The van der Waals surface area contributed by atoms with Gasteiger partial charge >= 0.3 is 0 Å². The van der Waals surface area contributed by atoms with Crippen molar-refractivity contribution in [2.24, 2.45) is 0 Å². The first kappa shape index (κ1) is 11.5. The minimum atomic E-state index is -2.97. The summed E-state index contributed by atoms with van der Waals surface area (Å²) in [5, 5.41) is 3.11. The van der Waals surface area contributed by atoms with E-state index in [2.05, 4.69) is 5.32 Å². The third kappa shape index (κ3) is 3.67. The van der Waals surface area contributed by atoms with Crippen LogP contribution in [0, 0.1) is 0 Å². The van der Waals surface area contributed by atoms with Crippen LogP contribution in [0.1, 0.15) is 13.3 Å². The Hall–Kier alpha value is -0.550. The molecule has 1 heterocycles. The van der Waals surface area contributed by atoms with Crippen LogP contribution in [0.15, 0.2) is 11.8 Å². The summed E-state index contributed by atoms with van der Waals surface area (Å²) in [7, 11) is -2.97. The molecule has 0 aliphatic carbocycles. The quantitative estimate of drug-likeness (QED) is 0.723. The largest absolute Gasteiger partial charge is 0.496 e. The van der Waals surface area contributed by atoms with Gasteiger partial charge in [0.2, 0.25) is 0 Å². The molecular weight excluding hydrogens is 202 g/mol. The molecular formula is C9H17NO3S. The van der Waals surface area contributed by atoms with E-state index in [4.69, 9.17) is 4.74 Å². The lowest BCUT2D eigenvalue weighted by atomic mass is 10.2. The SMILES string of the molecule is CCNC(CS(C)(=O)=O)C1=CCCO1. The molecule has 1 aliphatic heterocycles. The van der Waals surface area contributed by atoms with Crippen molar-refractivity contribution in [3.63, 3.8) is 0 Å². The third-order valence-electron chi connectivity index (χ3n) is 2.00.